The number of hydrogen-bond acceptors (Lipinski definition) is 8. The number of ether oxygens (including phenoxy) is 2. The molecule has 2 N–H and O–H groups in total. The molecule has 0 saturated carbocycles. The summed E-state index contributed by atoms with van der Waals surface area (Å²) in [6, 6.07) is 7.01. The van der Waals surface area contributed by atoms with Crippen LogP contribution >= 0.6 is 15.9 Å². The van der Waals surface area contributed by atoms with Crippen LogP contribution < -0.4 is 25.9 Å². The predicted octanol–water partition coefficient (Wildman–Crippen LogP) is 3.57. The third kappa shape index (κ3) is 5.80. The zero-order valence-electron chi connectivity index (χ0n) is 22.0. The number of carboxylic acid groups (broad SMARTS) is 1. The highest BCUT2D eigenvalue weighted by molar-refractivity contribution is 9.10. The maximum Gasteiger partial charge on any atom is 0.328 e. The van der Waals surface area contributed by atoms with E-state index in [4.69, 9.17) is 14.6 Å². The summed E-state index contributed by atoms with van der Waals surface area (Å²) in [4.78, 5) is 44.5. The van der Waals surface area contributed by atoms with Crippen LogP contribution in [0.3, 0.4) is 0 Å². The first-order valence-electron chi connectivity index (χ1n) is 11.8. The molecule has 12 heteroatoms. The van der Waals surface area contributed by atoms with Gasteiger partial charge in [-0.2, -0.15) is 0 Å². The van der Waals surface area contributed by atoms with Crippen LogP contribution in [-0.4, -0.2) is 49.6 Å². The molecular formula is C26H30BrN5O6. The van der Waals surface area contributed by atoms with Gasteiger partial charge in [0.15, 0.2) is 0 Å². The van der Waals surface area contributed by atoms with Crippen molar-refractivity contribution in [2.45, 2.75) is 46.1 Å². The second-order valence-corrected chi connectivity index (χ2v) is 9.69. The van der Waals surface area contributed by atoms with Gasteiger partial charge >= 0.3 is 17.1 Å². The third-order valence-corrected chi connectivity index (χ3v) is 6.21. The molecule has 0 spiro atoms. The molecule has 4 rings (SSSR count). The van der Waals surface area contributed by atoms with E-state index in [2.05, 4.69) is 31.2 Å². The summed E-state index contributed by atoms with van der Waals surface area (Å²) >= 11 is 3.32. The van der Waals surface area contributed by atoms with E-state index >= 15 is 0 Å². The number of carbonyl (C=O) groups is 1. The van der Waals surface area contributed by atoms with E-state index in [0.717, 1.165) is 4.47 Å². The van der Waals surface area contributed by atoms with Crippen molar-refractivity contribution in [2.75, 3.05) is 19.5 Å². The number of aryl methyl sites for hydroxylation is 2. The van der Waals surface area contributed by atoms with Gasteiger partial charge in [0.25, 0.3) is 0 Å². The number of aliphatic carboxylic acids is 1. The molecule has 0 amide bonds. The molecule has 4 aromatic heterocycles. The van der Waals surface area contributed by atoms with E-state index < -0.39 is 11.5 Å². The highest BCUT2D eigenvalue weighted by atomic mass is 79.9. The van der Waals surface area contributed by atoms with Crippen molar-refractivity contribution < 1.29 is 19.4 Å². The van der Waals surface area contributed by atoms with E-state index in [9.17, 15) is 14.4 Å². The van der Waals surface area contributed by atoms with Gasteiger partial charge in [-0.25, -0.2) is 14.8 Å². The topological polar surface area (TPSA) is 137 Å². The monoisotopic (exact) mass is 587 g/mol. The van der Waals surface area contributed by atoms with Crippen LogP contribution in [0.1, 0.15) is 39.1 Å². The van der Waals surface area contributed by atoms with Gasteiger partial charge in [0.2, 0.25) is 11.5 Å². The first-order chi connectivity index (χ1) is 18.0. The zero-order chi connectivity index (χ0) is 28.2. The molecule has 0 radical (unpaired) electrons. The van der Waals surface area contributed by atoms with E-state index in [0.29, 0.717) is 47.0 Å². The van der Waals surface area contributed by atoms with Crippen molar-refractivity contribution in [3.05, 3.63) is 73.2 Å². The minimum atomic E-state index is -1.15. The minimum absolute atomic E-state index is 0.175. The summed E-state index contributed by atoms with van der Waals surface area (Å²) in [6.45, 7) is 6.92. The van der Waals surface area contributed by atoms with Crippen LogP contribution in [0.25, 0.3) is 11.3 Å². The van der Waals surface area contributed by atoms with Crippen molar-refractivity contribution in [2.24, 2.45) is 0 Å². The molecule has 0 bridgehead atoms. The molecule has 4 aromatic rings. The fourth-order valence-corrected chi connectivity index (χ4v) is 4.03. The number of anilines is 1. The Hall–Kier alpha value is -3.93. The summed E-state index contributed by atoms with van der Waals surface area (Å²) in [7, 11) is 2.92. The van der Waals surface area contributed by atoms with Crippen LogP contribution in [0, 0.1) is 0 Å². The van der Waals surface area contributed by atoms with Crippen LogP contribution in [0.5, 0.6) is 11.5 Å². The molecule has 202 valence electrons. The molecule has 0 atom stereocenters. The van der Waals surface area contributed by atoms with Gasteiger partial charge in [0, 0.05) is 16.9 Å². The van der Waals surface area contributed by atoms with Crippen molar-refractivity contribution in [1.29, 1.82) is 0 Å². The second kappa shape index (κ2) is 11.6. The maximum absolute atomic E-state index is 12.4. The Morgan fingerprint density at radius 2 is 1.39 bits per heavy atom. The number of fused-ring (bicyclic) bond motifs is 2. The molecule has 0 aliphatic carbocycles. The number of nitrogens with zero attached hydrogens (tertiary/aromatic N) is 4. The number of pyridine rings is 2. The van der Waals surface area contributed by atoms with Gasteiger partial charge < -0.3 is 19.9 Å². The Kier molecular flexibility index (Phi) is 8.77. The molecular weight excluding hydrogens is 558 g/mol. The Morgan fingerprint density at radius 1 is 0.921 bits per heavy atom. The number of hydrogen-bond donors (Lipinski definition) is 2. The van der Waals surface area contributed by atoms with E-state index in [1.165, 1.54) is 29.2 Å². The Labute approximate surface area is 227 Å². The fourth-order valence-electron chi connectivity index (χ4n) is 3.69. The van der Waals surface area contributed by atoms with Crippen molar-refractivity contribution in [3.8, 4) is 11.5 Å². The number of carboxylic acids is 1. The van der Waals surface area contributed by atoms with Gasteiger partial charge in [-0.3, -0.25) is 18.4 Å². The van der Waals surface area contributed by atoms with Crippen LogP contribution in [0.15, 0.2) is 50.7 Å². The molecule has 0 fully saturated rings. The Bertz CT molecular complexity index is 1610. The van der Waals surface area contributed by atoms with Gasteiger partial charge in [-0.15, -0.1) is 0 Å². The average molecular weight is 588 g/mol. The van der Waals surface area contributed by atoms with Crippen LogP contribution in [0.4, 0.5) is 5.69 Å². The van der Waals surface area contributed by atoms with E-state index in [1.54, 1.807) is 38.2 Å². The van der Waals surface area contributed by atoms with E-state index in [1.807, 2.05) is 19.9 Å². The number of aromatic nitrogens is 4. The van der Waals surface area contributed by atoms with Crippen molar-refractivity contribution in [1.82, 2.24) is 18.8 Å². The standard InChI is InChI=1S/C15H19N3O4.C11H11BrN2O2/c1-5-10-12(22-4)13(19)18-8-9(6-7-11(18)16-10)17-15(2,3)14(20)21;1-3-8-10(16-2)11(15)14-6-7(12)4-5-9(14)13-8/h6-8,17H,5H2,1-4H3,(H,20,21);4-6H,3H2,1-2H3. The molecule has 0 aliphatic rings. The Morgan fingerprint density at radius 3 is 1.84 bits per heavy atom. The lowest BCUT2D eigenvalue weighted by Gasteiger charge is -2.22. The number of rotatable bonds is 7. The molecule has 11 nitrogen and oxygen atoms in total. The largest absolute Gasteiger partial charge is 0.490 e. The highest BCUT2D eigenvalue weighted by Gasteiger charge is 2.27. The summed E-state index contributed by atoms with van der Waals surface area (Å²) in [5, 5.41) is 12.0. The molecule has 0 unspecified atom stereocenters. The maximum atomic E-state index is 12.4. The molecule has 0 aliphatic heterocycles. The average Bonchev–Trinajstić information content (AvgIpc) is 2.89. The number of nitrogens with one attached hydrogen (secondary N) is 1. The number of methoxy groups -OCH3 is 2. The smallest absolute Gasteiger partial charge is 0.328 e. The van der Waals surface area contributed by atoms with Crippen molar-refractivity contribution >= 4 is 38.9 Å². The zero-order valence-corrected chi connectivity index (χ0v) is 23.6. The highest BCUT2D eigenvalue weighted by Crippen LogP contribution is 2.18. The van der Waals surface area contributed by atoms with Crippen LogP contribution in [0.2, 0.25) is 0 Å². The van der Waals surface area contributed by atoms with Gasteiger partial charge in [-0.1, -0.05) is 13.8 Å². The quantitative estimate of drug-likeness (QED) is 0.332. The van der Waals surface area contributed by atoms with Gasteiger partial charge in [-0.05, 0) is 66.9 Å². The molecule has 0 aromatic carbocycles. The SMILES string of the molecule is CCc1nc2ccc(Br)cn2c(=O)c1OC.CCc1nc2ccc(NC(C)(C)C(=O)O)cn2c(=O)c1OC. The first kappa shape index (κ1) is 28.6. The summed E-state index contributed by atoms with van der Waals surface area (Å²) in [5.41, 5.74) is 1.26. The lowest BCUT2D eigenvalue weighted by molar-refractivity contribution is -0.141. The van der Waals surface area contributed by atoms with E-state index in [-0.39, 0.29) is 16.9 Å². The second-order valence-electron chi connectivity index (χ2n) is 8.78. The fraction of sp³-hybridized carbons (Fsp3) is 0.346. The third-order valence-electron chi connectivity index (χ3n) is 5.74. The summed E-state index contributed by atoms with van der Waals surface area (Å²) < 4.78 is 13.9. The van der Waals surface area contributed by atoms with Gasteiger partial charge in [0.05, 0.1) is 31.3 Å². The van der Waals surface area contributed by atoms with Crippen LogP contribution in [-0.2, 0) is 17.6 Å². The lowest BCUT2D eigenvalue weighted by atomic mass is 10.1. The molecule has 0 saturated heterocycles. The normalized spacial score (nSPS) is 11.1. The number of halogens is 1. The predicted molar refractivity (Wildman–Crippen MR) is 148 cm³/mol. The summed E-state index contributed by atoms with van der Waals surface area (Å²) in [5.74, 6) is -0.468. The summed E-state index contributed by atoms with van der Waals surface area (Å²) in [6.07, 6.45) is 4.47. The Balaban J connectivity index is 0.000000221. The minimum Gasteiger partial charge on any atom is -0.490 e. The molecule has 4 heterocycles. The molecule has 38 heavy (non-hydrogen) atoms. The van der Waals surface area contributed by atoms with Crippen molar-refractivity contribution in [3.63, 3.8) is 0 Å². The lowest BCUT2D eigenvalue weighted by Crippen LogP contribution is -2.40. The van der Waals surface area contributed by atoms with Gasteiger partial charge in [0.1, 0.15) is 16.8 Å². The first-order valence-corrected chi connectivity index (χ1v) is 12.6.